The highest BCUT2D eigenvalue weighted by atomic mass is 79.9. The summed E-state index contributed by atoms with van der Waals surface area (Å²) in [5.41, 5.74) is 1.22. The second kappa shape index (κ2) is 8.39. The van der Waals surface area contributed by atoms with Crippen molar-refractivity contribution in [2.45, 2.75) is 6.54 Å². The zero-order valence-electron chi connectivity index (χ0n) is 13.4. The molecule has 3 aromatic rings. The largest absolute Gasteiger partial charge is 0.289 e. The number of hydrogen-bond acceptors (Lipinski definition) is 4. The van der Waals surface area contributed by atoms with Crippen LogP contribution in [0.1, 0.15) is 10.4 Å². The molecular formula is C18H14BrFN3O3+. The molecule has 1 aromatic heterocycles. The number of halogens is 2. The predicted octanol–water partition coefficient (Wildman–Crippen LogP) is 3.54. The Balaban J connectivity index is 0.00000243. The molecule has 26 heavy (non-hydrogen) atoms. The average molecular weight is 419 g/mol. The molecule has 0 radical (unpaired) electrons. The van der Waals surface area contributed by atoms with Crippen molar-refractivity contribution in [3.05, 3.63) is 88.6 Å². The maximum Gasteiger partial charge on any atom is 0.287 e. The topological polar surface area (TPSA) is 77.0 Å². The van der Waals surface area contributed by atoms with Crippen molar-refractivity contribution in [2.75, 3.05) is 0 Å². The number of rotatable bonds is 5. The molecule has 132 valence electrons. The molecule has 3 rings (SSSR count). The molecule has 0 saturated carbocycles. The van der Waals surface area contributed by atoms with Gasteiger partial charge in [-0.25, -0.2) is 8.96 Å². The third kappa shape index (κ3) is 4.34. The van der Waals surface area contributed by atoms with Crippen molar-refractivity contribution in [2.24, 2.45) is 0 Å². The number of carbonyl (C=O) groups is 1. The Morgan fingerprint density at radius 2 is 1.81 bits per heavy atom. The quantitative estimate of drug-likeness (QED) is 0.274. The van der Waals surface area contributed by atoms with Gasteiger partial charge in [-0.3, -0.25) is 14.9 Å². The van der Waals surface area contributed by atoms with Crippen molar-refractivity contribution < 1.29 is 18.7 Å². The highest BCUT2D eigenvalue weighted by Crippen LogP contribution is 2.18. The number of benzene rings is 2. The van der Waals surface area contributed by atoms with Gasteiger partial charge in [0.25, 0.3) is 12.0 Å². The van der Waals surface area contributed by atoms with Crippen molar-refractivity contribution in [1.82, 2.24) is 4.98 Å². The third-order valence-electron chi connectivity index (χ3n) is 3.64. The molecule has 2 aromatic carbocycles. The van der Waals surface area contributed by atoms with E-state index in [4.69, 9.17) is 0 Å². The van der Waals surface area contributed by atoms with Crippen LogP contribution in [-0.2, 0) is 6.54 Å². The first-order valence-corrected chi connectivity index (χ1v) is 7.42. The van der Waals surface area contributed by atoms with Gasteiger partial charge in [0.15, 0.2) is 12.2 Å². The fourth-order valence-corrected chi connectivity index (χ4v) is 2.39. The molecule has 8 heteroatoms. The van der Waals surface area contributed by atoms with Gasteiger partial charge in [-0.05, 0) is 35.3 Å². The van der Waals surface area contributed by atoms with Crippen LogP contribution in [0.15, 0.2) is 67.1 Å². The van der Waals surface area contributed by atoms with Gasteiger partial charge in [-0.1, -0.05) is 12.1 Å². The van der Waals surface area contributed by atoms with Gasteiger partial charge in [0.1, 0.15) is 5.82 Å². The second-order valence-corrected chi connectivity index (χ2v) is 5.32. The van der Waals surface area contributed by atoms with E-state index in [9.17, 15) is 19.3 Å². The number of Topliss-reactive ketones (excluding diaryl/α,β-unsaturated/α-hetero) is 1. The molecule has 0 bridgehead atoms. The number of hydrogen-bond donors (Lipinski definition) is 0. The lowest BCUT2D eigenvalue weighted by atomic mass is 10.1. The van der Waals surface area contributed by atoms with Crippen LogP contribution in [0.4, 0.5) is 10.1 Å². The normalized spacial score (nSPS) is 10.0. The standard InChI is InChI=1S/C18H13FN3O3.BrH/c19-14-7-5-13(6-8-14)16-9-10-21(12-20-16)11-18(23)15-3-1-2-4-17(15)22(24)25;/h1-10,12H,11H2;1H/q+1;. The van der Waals surface area contributed by atoms with E-state index in [2.05, 4.69) is 4.98 Å². The van der Waals surface area contributed by atoms with Crippen LogP contribution in [0.5, 0.6) is 0 Å². The Morgan fingerprint density at radius 1 is 1.12 bits per heavy atom. The molecule has 0 unspecified atom stereocenters. The number of carbonyl (C=O) groups excluding carboxylic acids is 1. The molecule has 0 saturated heterocycles. The SMILES string of the molecule is Br.O=C(C[n+]1ccc(-c2ccc(F)cc2)nc1)c1ccccc1[N+](=O)[O-]. The fraction of sp³-hybridized carbons (Fsp3) is 0.0556. The first-order chi connectivity index (χ1) is 12.0. The Labute approximate surface area is 158 Å². The summed E-state index contributed by atoms with van der Waals surface area (Å²) in [5.74, 6) is -0.710. The van der Waals surface area contributed by atoms with Crippen LogP contribution in [0.3, 0.4) is 0 Å². The number of nitro groups is 1. The van der Waals surface area contributed by atoms with Gasteiger partial charge in [0.2, 0.25) is 5.78 Å². The molecule has 1 heterocycles. The molecular weight excluding hydrogens is 405 g/mol. The number of para-hydroxylation sites is 1. The van der Waals surface area contributed by atoms with Gasteiger partial charge in [0, 0.05) is 17.7 Å². The van der Waals surface area contributed by atoms with E-state index in [0.29, 0.717) is 5.69 Å². The lowest BCUT2D eigenvalue weighted by molar-refractivity contribution is -0.686. The monoisotopic (exact) mass is 418 g/mol. The highest BCUT2D eigenvalue weighted by molar-refractivity contribution is 8.93. The lowest BCUT2D eigenvalue weighted by Gasteiger charge is -2.02. The molecule has 0 spiro atoms. The van der Waals surface area contributed by atoms with Gasteiger partial charge in [-0.15, -0.1) is 17.0 Å². The summed E-state index contributed by atoms with van der Waals surface area (Å²) in [7, 11) is 0. The van der Waals surface area contributed by atoms with Crippen LogP contribution in [-0.4, -0.2) is 15.7 Å². The summed E-state index contributed by atoms with van der Waals surface area (Å²) in [4.78, 5) is 27.0. The Kier molecular flexibility index (Phi) is 6.24. The van der Waals surface area contributed by atoms with Gasteiger partial charge < -0.3 is 0 Å². The Hall–Kier alpha value is -3.00. The summed E-state index contributed by atoms with van der Waals surface area (Å²) in [6.45, 7) is -0.0679. The van der Waals surface area contributed by atoms with Gasteiger partial charge in [-0.2, -0.15) is 0 Å². The maximum atomic E-state index is 13.0. The molecule has 0 aliphatic rings. The van der Waals surface area contributed by atoms with E-state index in [1.54, 1.807) is 30.5 Å². The van der Waals surface area contributed by atoms with Crippen molar-refractivity contribution >= 4 is 28.5 Å². The average Bonchev–Trinajstić information content (AvgIpc) is 2.63. The first kappa shape index (κ1) is 19.3. The fourth-order valence-electron chi connectivity index (χ4n) is 2.39. The van der Waals surface area contributed by atoms with E-state index in [-0.39, 0.29) is 46.4 Å². The molecule has 0 amide bonds. The number of nitrogens with zero attached hydrogens (tertiary/aromatic N) is 3. The predicted molar refractivity (Wildman–Crippen MR) is 97.6 cm³/mol. The Morgan fingerprint density at radius 3 is 2.42 bits per heavy atom. The van der Waals surface area contributed by atoms with E-state index in [0.717, 1.165) is 5.56 Å². The van der Waals surface area contributed by atoms with Crippen LogP contribution >= 0.6 is 17.0 Å². The van der Waals surface area contributed by atoms with Crippen LogP contribution < -0.4 is 4.57 Å². The van der Waals surface area contributed by atoms with Crippen molar-refractivity contribution in [3.63, 3.8) is 0 Å². The smallest absolute Gasteiger partial charge is 0.287 e. The zero-order valence-corrected chi connectivity index (χ0v) is 15.1. The van der Waals surface area contributed by atoms with Gasteiger partial charge in [0.05, 0.1) is 16.7 Å². The minimum Gasteiger partial charge on any atom is -0.289 e. The molecule has 0 N–H and O–H groups in total. The summed E-state index contributed by atoms with van der Waals surface area (Å²) in [5, 5.41) is 11.0. The van der Waals surface area contributed by atoms with Crippen LogP contribution in [0.2, 0.25) is 0 Å². The van der Waals surface area contributed by atoms with E-state index < -0.39 is 4.92 Å². The molecule has 0 aliphatic heterocycles. The summed E-state index contributed by atoms with van der Waals surface area (Å²) in [6.07, 6.45) is 3.11. The highest BCUT2D eigenvalue weighted by Gasteiger charge is 2.21. The van der Waals surface area contributed by atoms with Crippen LogP contribution in [0.25, 0.3) is 11.3 Å². The van der Waals surface area contributed by atoms with E-state index >= 15 is 0 Å². The zero-order chi connectivity index (χ0) is 17.8. The maximum absolute atomic E-state index is 13.0. The van der Waals surface area contributed by atoms with Crippen molar-refractivity contribution in [1.29, 1.82) is 0 Å². The van der Waals surface area contributed by atoms with Gasteiger partial charge >= 0.3 is 0 Å². The lowest BCUT2D eigenvalue weighted by Crippen LogP contribution is -2.37. The molecule has 0 fully saturated rings. The second-order valence-electron chi connectivity index (χ2n) is 5.32. The first-order valence-electron chi connectivity index (χ1n) is 7.42. The van der Waals surface area contributed by atoms with Crippen LogP contribution in [0, 0.1) is 15.9 Å². The van der Waals surface area contributed by atoms with E-state index in [1.807, 2.05) is 0 Å². The number of nitro benzene ring substituents is 1. The third-order valence-corrected chi connectivity index (χ3v) is 3.64. The summed E-state index contributed by atoms with van der Waals surface area (Å²) >= 11 is 0. The molecule has 0 aliphatic carbocycles. The Bertz CT molecular complexity index is 931. The van der Waals surface area contributed by atoms with E-state index in [1.165, 1.54) is 41.2 Å². The number of aromatic nitrogens is 2. The number of ketones is 1. The minimum absolute atomic E-state index is 0. The molecule has 0 atom stereocenters. The summed E-state index contributed by atoms with van der Waals surface area (Å²) in [6, 6.07) is 13.4. The molecule has 6 nitrogen and oxygen atoms in total. The van der Waals surface area contributed by atoms with Crippen molar-refractivity contribution in [3.8, 4) is 11.3 Å². The minimum atomic E-state index is -0.576. The summed E-state index contributed by atoms with van der Waals surface area (Å²) < 4.78 is 14.5.